The zero-order valence-corrected chi connectivity index (χ0v) is 11.6. The Kier molecular flexibility index (Phi) is 2.87. The van der Waals surface area contributed by atoms with Crippen LogP contribution in [0.5, 0.6) is 0 Å². The Morgan fingerprint density at radius 3 is 2.70 bits per heavy atom. The molecule has 0 aromatic heterocycles. The highest BCUT2D eigenvalue weighted by molar-refractivity contribution is 5.91. The number of ether oxygens (including phenoxy) is 1. The second-order valence-electron chi connectivity index (χ2n) is 6.40. The number of hydrogen-bond acceptors (Lipinski definition) is 5. The summed E-state index contributed by atoms with van der Waals surface area (Å²) in [5.74, 6) is -1.66. The normalized spacial score (nSPS) is 51.1. The molecule has 3 rings (SSSR count). The quantitative estimate of drug-likeness (QED) is 0.334. The molecule has 1 saturated heterocycles. The SMILES string of the molecule is C=C1C(=O)O[C@H]2[C@H]1[C@@H](O)[C@@H](O)[C@@](C)(O)[C@@H]1CC=C(C)[C@H]21. The van der Waals surface area contributed by atoms with Crippen molar-refractivity contribution in [2.45, 2.75) is 44.2 Å². The van der Waals surface area contributed by atoms with Crippen LogP contribution < -0.4 is 0 Å². The largest absolute Gasteiger partial charge is 0.458 e. The molecule has 0 spiro atoms. The van der Waals surface area contributed by atoms with E-state index in [4.69, 9.17) is 4.74 Å². The van der Waals surface area contributed by atoms with Crippen molar-refractivity contribution in [3.05, 3.63) is 23.8 Å². The molecule has 0 aromatic rings. The summed E-state index contributed by atoms with van der Waals surface area (Å²) < 4.78 is 5.39. The molecule has 110 valence electrons. The van der Waals surface area contributed by atoms with Gasteiger partial charge in [-0.2, -0.15) is 0 Å². The van der Waals surface area contributed by atoms with Crippen LogP contribution in [0.1, 0.15) is 20.3 Å². The molecule has 0 bridgehead atoms. The van der Waals surface area contributed by atoms with Gasteiger partial charge in [0.2, 0.25) is 0 Å². The fraction of sp³-hybridized carbons (Fsp3) is 0.667. The fourth-order valence-electron chi connectivity index (χ4n) is 4.07. The summed E-state index contributed by atoms with van der Waals surface area (Å²) in [7, 11) is 0. The minimum Gasteiger partial charge on any atom is -0.458 e. The van der Waals surface area contributed by atoms with E-state index in [2.05, 4.69) is 6.58 Å². The molecule has 2 fully saturated rings. The Balaban J connectivity index is 2.11. The summed E-state index contributed by atoms with van der Waals surface area (Å²) in [5.41, 5.74) is -0.234. The van der Waals surface area contributed by atoms with Crippen LogP contribution in [0, 0.1) is 17.8 Å². The van der Waals surface area contributed by atoms with Crippen molar-refractivity contribution in [1.82, 2.24) is 0 Å². The molecule has 20 heavy (non-hydrogen) atoms. The van der Waals surface area contributed by atoms with E-state index in [9.17, 15) is 20.1 Å². The van der Waals surface area contributed by atoms with Gasteiger partial charge in [0.05, 0.1) is 17.6 Å². The molecular formula is C15H20O5. The zero-order chi connectivity index (χ0) is 14.8. The predicted molar refractivity (Wildman–Crippen MR) is 70.5 cm³/mol. The molecule has 7 atom stereocenters. The fourth-order valence-corrected chi connectivity index (χ4v) is 4.07. The van der Waals surface area contributed by atoms with Gasteiger partial charge in [-0.1, -0.05) is 18.2 Å². The first-order chi connectivity index (χ1) is 9.26. The molecule has 1 aliphatic heterocycles. The summed E-state index contributed by atoms with van der Waals surface area (Å²) in [6.45, 7) is 7.15. The van der Waals surface area contributed by atoms with Crippen molar-refractivity contribution in [3.8, 4) is 0 Å². The van der Waals surface area contributed by atoms with Crippen LogP contribution in [0.3, 0.4) is 0 Å². The lowest BCUT2D eigenvalue weighted by molar-refractivity contribution is -0.147. The maximum atomic E-state index is 11.8. The highest BCUT2D eigenvalue weighted by Gasteiger charge is 2.61. The van der Waals surface area contributed by atoms with Gasteiger partial charge in [-0.05, 0) is 20.3 Å². The summed E-state index contributed by atoms with van der Waals surface area (Å²) in [6, 6.07) is 0. The Morgan fingerprint density at radius 1 is 1.40 bits per heavy atom. The van der Waals surface area contributed by atoms with Crippen molar-refractivity contribution in [2.24, 2.45) is 17.8 Å². The maximum absolute atomic E-state index is 11.8. The second-order valence-corrected chi connectivity index (χ2v) is 6.40. The molecule has 1 heterocycles. The van der Waals surface area contributed by atoms with Crippen molar-refractivity contribution in [2.75, 3.05) is 0 Å². The summed E-state index contributed by atoms with van der Waals surface area (Å²) in [6.07, 6.45) is -0.555. The highest BCUT2D eigenvalue weighted by Crippen LogP contribution is 2.52. The van der Waals surface area contributed by atoms with Gasteiger partial charge < -0.3 is 20.1 Å². The molecule has 5 heteroatoms. The number of aliphatic hydroxyl groups is 3. The molecule has 0 radical (unpaired) electrons. The van der Waals surface area contributed by atoms with Crippen molar-refractivity contribution in [1.29, 1.82) is 0 Å². The smallest absolute Gasteiger partial charge is 0.334 e. The monoisotopic (exact) mass is 280 g/mol. The second kappa shape index (κ2) is 4.16. The molecular weight excluding hydrogens is 260 g/mol. The molecule has 3 aliphatic rings. The van der Waals surface area contributed by atoms with Crippen molar-refractivity contribution >= 4 is 5.97 Å². The first kappa shape index (κ1) is 13.8. The number of rotatable bonds is 0. The molecule has 0 amide bonds. The lowest BCUT2D eigenvalue weighted by Crippen LogP contribution is -2.52. The number of carbonyl (C=O) groups is 1. The zero-order valence-electron chi connectivity index (χ0n) is 11.6. The van der Waals surface area contributed by atoms with Gasteiger partial charge >= 0.3 is 5.97 Å². The number of carbonyl (C=O) groups excluding carboxylic acids is 1. The van der Waals surface area contributed by atoms with Gasteiger partial charge in [-0.15, -0.1) is 0 Å². The van der Waals surface area contributed by atoms with E-state index in [1.54, 1.807) is 0 Å². The molecule has 3 N–H and O–H groups in total. The number of hydrogen-bond donors (Lipinski definition) is 3. The van der Waals surface area contributed by atoms with E-state index in [1.807, 2.05) is 13.0 Å². The molecule has 5 nitrogen and oxygen atoms in total. The topological polar surface area (TPSA) is 87.0 Å². The van der Waals surface area contributed by atoms with E-state index >= 15 is 0 Å². The van der Waals surface area contributed by atoms with Crippen LogP contribution in [0.4, 0.5) is 0 Å². The van der Waals surface area contributed by atoms with E-state index in [0.29, 0.717) is 6.42 Å². The highest BCUT2D eigenvalue weighted by atomic mass is 16.6. The standard InChI is InChI=1S/C15H20O5/c1-6-4-5-8-9(6)12-10(7(2)14(18)20-12)11(16)13(17)15(8,3)19/h4,8-13,16-17,19H,2,5H2,1,3H3/t8-,9+,10-,11-,12-,13-,15+/m1/s1. The minimum atomic E-state index is -1.44. The first-order valence-corrected chi connectivity index (χ1v) is 6.91. The van der Waals surface area contributed by atoms with Gasteiger partial charge in [0.1, 0.15) is 12.2 Å². The average molecular weight is 280 g/mol. The number of esters is 1. The van der Waals surface area contributed by atoms with Gasteiger partial charge in [0, 0.05) is 17.4 Å². The van der Waals surface area contributed by atoms with E-state index in [-0.39, 0.29) is 17.4 Å². The summed E-state index contributed by atoms with van der Waals surface area (Å²) in [5, 5.41) is 31.4. The first-order valence-electron chi connectivity index (χ1n) is 6.91. The van der Waals surface area contributed by atoms with Gasteiger partial charge in [0.15, 0.2) is 0 Å². The van der Waals surface area contributed by atoms with Crippen molar-refractivity contribution in [3.63, 3.8) is 0 Å². The van der Waals surface area contributed by atoms with Crippen LogP contribution in [0.25, 0.3) is 0 Å². The van der Waals surface area contributed by atoms with Gasteiger partial charge in [0.25, 0.3) is 0 Å². The van der Waals surface area contributed by atoms with E-state index in [1.165, 1.54) is 6.92 Å². The number of fused-ring (bicyclic) bond motifs is 3. The number of aliphatic hydroxyl groups excluding tert-OH is 2. The molecule has 0 aromatic carbocycles. The maximum Gasteiger partial charge on any atom is 0.334 e. The Labute approximate surface area is 117 Å². The van der Waals surface area contributed by atoms with Crippen molar-refractivity contribution < 1.29 is 24.9 Å². The third kappa shape index (κ3) is 1.57. The third-order valence-electron chi connectivity index (χ3n) is 5.31. The lowest BCUT2D eigenvalue weighted by atomic mass is 9.76. The third-order valence-corrected chi connectivity index (χ3v) is 5.31. The van der Waals surface area contributed by atoms with Crippen LogP contribution in [0.2, 0.25) is 0 Å². The van der Waals surface area contributed by atoms with Crippen LogP contribution >= 0.6 is 0 Å². The van der Waals surface area contributed by atoms with E-state index < -0.39 is 35.8 Å². The lowest BCUT2D eigenvalue weighted by Gasteiger charge is -2.37. The van der Waals surface area contributed by atoms with Crippen LogP contribution in [0.15, 0.2) is 23.8 Å². The van der Waals surface area contributed by atoms with Crippen LogP contribution in [-0.2, 0) is 9.53 Å². The van der Waals surface area contributed by atoms with E-state index in [0.717, 1.165) is 5.57 Å². The van der Waals surface area contributed by atoms with Gasteiger partial charge in [-0.25, -0.2) is 4.79 Å². The van der Waals surface area contributed by atoms with Crippen LogP contribution in [-0.4, -0.2) is 45.2 Å². The summed E-state index contributed by atoms with van der Waals surface area (Å²) >= 11 is 0. The minimum absolute atomic E-state index is 0.178. The Hall–Kier alpha value is -1.17. The summed E-state index contributed by atoms with van der Waals surface area (Å²) in [4.78, 5) is 11.8. The molecule has 2 aliphatic carbocycles. The molecule has 1 saturated carbocycles. The van der Waals surface area contributed by atoms with Gasteiger partial charge in [-0.3, -0.25) is 0 Å². The average Bonchev–Trinajstić information content (AvgIpc) is 2.88. The molecule has 0 unspecified atom stereocenters. The Bertz CT molecular complexity index is 506. The number of allylic oxidation sites excluding steroid dienone is 1. The predicted octanol–water partition coefficient (Wildman–Crippen LogP) is 0.153. The Morgan fingerprint density at radius 2 is 2.05 bits per heavy atom.